The minimum atomic E-state index is 0.0400. The van der Waals surface area contributed by atoms with Crippen LogP contribution in [0.1, 0.15) is 25.0 Å². The van der Waals surface area contributed by atoms with E-state index in [1.165, 1.54) is 0 Å². The lowest BCUT2D eigenvalue weighted by atomic mass is 10.0. The van der Waals surface area contributed by atoms with Crippen LogP contribution >= 0.6 is 0 Å². The second-order valence-electron chi connectivity index (χ2n) is 7.24. The number of hydrogen-bond donors (Lipinski definition) is 0. The molecule has 0 unspecified atom stereocenters. The topological polar surface area (TPSA) is 60.9 Å². The van der Waals surface area contributed by atoms with Crippen molar-refractivity contribution in [3.63, 3.8) is 0 Å². The average molecular weight is 346 g/mol. The van der Waals surface area contributed by atoms with Crippen LogP contribution in [0.25, 0.3) is 0 Å². The molecular weight excluding hydrogens is 320 g/mol. The molecule has 6 nitrogen and oxygen atoms in total. The molecule has 0 radical (unpaired) electrons. The Kier molecular flexibility index (Phi) is 5.29. The largest absolute Gasteiger partial charge is 0.381 e. The van der Waals surface area contributed by atoms with E-state index in [0.29, 0.717) is 45.5 Å². The summed E-state index contributed by atoms with van der Waals surface area (Å²) in [6.07, 6.45) is 4.73. The van der Waals surface area contributed by atoms with Crippen LogP contribution in [0, 0.1) is 11.8 Å². The van der Waals surface area contributed by atoms with Gasteiger partial charge in [-0.3, -0.25) is 9.78 Å². The van der Waals surface area contributed by atoms with E-state index in [2.05, 4.69) is 9.88 Å². The van der Waals surface area contributed by atoms with E-state index in [9.17, 15) is 4.79 Å². The predicted molar refractivity (Wildman–Crippen MR) is 90.8 cm³/mol. The van der Waals surface area contributed by atoms with Crippen LogP contribution in [0.4, 0.5) is 0 Å². The number of carbonyl (C=O) groups excluding carboxylic acids is 1. The van der Waals surface area contributed by atoms with Gasteiger partial charge in [0.15, 0.2) is 0 Å². The van der Waals surface area contributed by atoms with E-state index in [0.717, 1.165) is 25.0 Å². The van der Waals surface area contributed by atoms with Gasteiger partial charge >= 0.3 is 0 Å². The second-order valence-corrected chi connectivity index (χ2v) is 7.24. The van der Waals surface area contributed by atoms with E-state index in [-0.39, 0.29) is 24.0 Å². The summed E-state index contributed by atoms with van der Waals surface area (Å²) in [5.41, 5.74) is 0.951. The summed E-state index contributed by atoms with van der Waals surface area (Å²) in [7, 11) is 0. The molecule has 0 N–H and O–H groups in total. The van der Waals surface area contributed by atoms with Crippen molar-refractivity contribution in [1.29, 1.82) is 0 Å². The summed E-state index contributed by atoms with van der Waals surface area (Å²) >= 11 is 0. The number of morpholine rings is 1. The number of nitrogens with zero attached hydrogens (tertiary/aromatic N) is 2. The SMILES string of the molecule is O=C([C@@H]1CCOC1)N1CCO[C@@H]2C[C@@H](COCc3ccccn3)C[C@H]21. The molecule has 4 atom stereocenters. The number of amides is 1. The van der Waals surface area contributed by atoms with E-state index in [1.54, 1.807) is 6.20 Å². The fraction of sp³-hybridized carbons (Fsp3) is 0.684. The molecule has 3 heterocycles. The molecular formula is C19H26N2O4. The van der Waals surface area contributed by atoms with Crippen LogP contribution in [0.5, 0.6) is 0 Å². The highest BCUT2D eigenvalue weighted by atomic mass is 16.5. The number of aromatic nitrogens is 1. The van der Waals surface area contributed by atoms with Gasteiger partial charge in [-0.2, -0.15) is 0 Å². The van der Waals surface area contributed by atoms with Crippen molar-refractivity contribution in [1.82, 2.24) is 9.88 Å². The lowest BCUT2D eigenvalue weighted by Crippen LogP contribution is -2.53. The first-order valence-electron chi connectivity index (χ1n) is 9.29. The zero-order chi connectivity index (χ0) is 17.1. The van der Waals surface area contributed by atoms with Gasteiger partial charge in [0.25, 0.3) is 0 Å². The first-order chi connectivity index (χ1) is 12.3. The van der Waals surface area contributed by atoms with Crippen LogP contribution in [-0.4, -0.2) is 60.9 Å². The molecule has 1 aromatic heterocycles. The third-order valence-electron chi connectivity index (χ3n) is 5.53. The maximum absolute atomic E-state index is 12.8. The molecule has 2 aliphatic heterocycles. The minimum absolute atomic E-state index is 0.0400. The summed E-state index contributed by atoms with van der Waals surface area (Å²) in [5, 5.41) is 0. The Balaban J connectivity index is 1.30. The van der Waals surface area contributed by atoms with Gasteiger partial charge in [-0.25, -0.2) is 0 Å². The molecule has 1 aromatic rings. The monoisotopic (exact) mass is 346 g/mol. The molecule has 0 aromatic carbocycles. The van der Waals surface area contributed by atoms with Crippen molar-refractivity contribution in [2.75, 3.05) is 33.0 Å². The van der Waals surface area contributed by atoms with Crippen molar-refractivity contribution < 1.29 is 19.0 Å². The van der Waals surface area contributed by atoms with Crippen molar-refractivity contribution >= 4 is 5.91 Å². The summed E-state index contributed by atoms with van der Waals surface area (Å²) in [5.74, 6) is 0.732. The molecule has 1 saturated carbocycles. The molecule has 3 fully saturated rings. The quantitative estimate of drug-likeness (QED) is 0.811. The molecule has 3 aliphatic rings. The van der Waals surface area contributed by atoms with E-state index >= 15 is 0 Å². The first-order valence-corrected chi connectivity index (χ1v) is 9.29. The smallest absolute Gasteiger partial charge is 0.228 e. The highest BCUT2D eigenvalue weighted by molar-refractivity contribution is 5.79. The summed E-state index contributed by atoms with van der Waals surface area (Å²) in [6, 6.07) is 6.05. The van der Waals surface area contributed by atoms with Crippen molar-refractivity contribution in [2.24, 2.45) is 11.8 Å². The van der Waals surface area contributed by atoms with Gasteiger partial charge in [-0.15, -0.1) is 0 Å². The van der Waals surface area contributed by atoms with E-state index in [1.807, 2.05) is 18.2 Å². The van der Waals surface area contributed by atoms with Crippen molar-refractivity contribution in [3.05, 3.63) is 30.1 Å². The maximum atomic E-state index is 12.8. The van der Waals surface area contributed by atoms with Gasteiger partial charge in [0.2, 0.25) is 5.91 Å². The first kappa shape index (κ1) is 16.9. The Bertz CT molecular complexity index is 576. The van der Waals surface area contributed by atoms with Crippen LogP contribution < -0.4 is 0 Å². The number of fused-ring (bicyclic) bond motifs is 1. The van der Waals surface area contributed by atoms with Gasteiger partial charge < -0.3 is 19.1 Å². The average Bonchev–Trinajstić information content (AvgIpc) is 3.31. The molecule has 136 valence electrons. The third kappa shape index (κ3) is 3.86. The van der Waals surface area contributed by atoms with Gasteiger partial charge in [0.05, 0.1) is 50.2 Å². The Labute approximate surface area is 148 Å². The highest BCUT2D eigenvalue weighted by Gasteiger charge is 2.44. The molecule has 25 heavy (non-hydrogen) atoms. The van der Waals surface area contributed by atoms with Gasteiger partial charge in [-0.1, -0.05) is 6.07 Å². The summed E-state index contributed by atoms with van der Waals surface area (Å²) in [4.78, 5) is 19.1. The molecule has 2 saturated heterocycles. The molecule has 1 amide bonds. The van der Waals surface area contributed by atoms with Crippen molar-refractivity contribution in [2.45, 2.75) is 38.0 Å². The number of ether oxygens (including phenoxy) is 3. The maximum Gasteiger partial charge on any atom is 0.228 e. The van der Waals surface area contributed by atoms with E-state index < -0.39 is 0 Å². The normalized spacial score (nSPS) is 31.9. The lowest BCUT2D eigenvalue weighted by molar-refractivity contribution is -0.148. The van der Waals surface area contributed by atoms with E-state index in [4.69, 9.17) is 14.2 Å². The predicted octanol–water partition coefficient (Wildman–Crippen LogP) is 1.64. The molecule has 0 bridgehead atoms. The third-order valence-corrected chi connectivity index (χ3v) is 5.53. The summed E-state index contributed by atoms with van der Waals surface area (Å²) in [6.45, 7) is 3.86. The Morgan fingerprint density at radius 2 is 2.28 bits per heavy atom. The van der Waals surface area contributed by atoms with Gasteiger partial charge in [0, 0.05) is 19.3 Å². The van der Waals surface area contributed by atoms with Crippen LogP contribution in [-0.2, 0) is 25.6 Å². The zero-order valence-electron chi connectivity index (χ0n) is 14.5. The molecule has 4 rings (SSSR count). The number of rotatable bonds is 5. The Morgan fingerprint density at radius 1 is 1.32 bits per heavy atom. The fourth-order valence-electron chi connectivity index (χ4n) is 4.24. The standard InChI is InChI=1S/C19H26N2O4/c22-19(15-4-7-23-12-15)21-6-8-25-18-10-14(9-17(18)21)11-24-13-16-3-1-2-5-20-16/h1-3,5,14-15,17-18H,4,6-13H2/t14-,15+,17+,18+/m0/s1. The summed E-state index contributed by atoms with van der Waals surface area (Å²) < 4.78 is 17.2. The Morgan fingerprint density at radius 3 is 3.08 bits per heavy atom. The highest BCUT2D eigenvalue weighted by Crippen LogP contribution is 2.35. The molecule has 1 aliphatic carbocycles. The fourth-order valence-corrected chi connectivity index (χ4v) is 4.24. The van der Waals surface area contributed by atoms with Crippen LogP contribution in [0.2, 0.25) is 0 Å². The number of hydrogen-bond acceptors (Lipinski definition) is 5. The number of carbonyl (C=O) groups is 1. The Hall–Kier alpha value is -1.50. The van der Waals surface area contributed by atoms with Crippen LogP contribution in [0.15, 0.2) is 24.4 Å². The molecule has 0 spiro atoms. The van der Waals surface area contributed by atoms with Crippen molar-refractivity contribution in [3.8, 4) is 0 Å². The lowest BCUT2D eigenvalue weighted by Gasteiger charge is -2.38. The minimum Gasteiger partial charge on any atom is -0.381 e. The zero-order valence-corrected chi connectivity index (χ0v) is 14.5. The second kappa shape index (κ2) is 7.81. The van der Waals surface area contributed by atoms with Gasteiger partial charge in [0.1, 0.15) is 0 Å². The molecule has 6 heteroatoms. The van der Waals surface area contributed by atoms with Crippen LogP contribution in [0.3, 0.4) is 0 Å². The number of pyridine rings is 1. The van der Waals surface area contributed by atoms with Gasteiger partial charge in [-0.05, 0) is 37.3 Å².